The molecule has 4 aromatic rings. The quantitative estimate of drug-likeness (QED) is 0.288. The number of nitrogens with zero attached hydrogens (tertiary/aromatic N) is 4. The van der Waals surface area contributed by atoms with Crippen LogP contribution in [-0.4, -0.2) is 52.7 Å². The van der Waals surface area contributed by atoms with Crippen molar-refractivity contribution in [3.05, 3.63) is 105 Å². The molecule has 0 saturated carbocycles. The van der Waals surface area contributed by atoms with E-state index in [1.165, 1.54) is 6.07 Å². The van der Waals surface area contributed by atoms with Gasteiger partial charge in [0.15, 0.2) is 0 Å². The molecule has 0 atom stereocenters. The summed E-state index contributed by atoms with van der Waals surface area (Å²) in [4.78, 5) is 28.5. The zero-order valence-corrected chi connectivity index (χ0v) is 22.4. The second-order valence-corrected chi connectivity index (χ2v) is 10.3. The fourth-order valence-electron chi connectivity index (χ4n) is 4.76. The van der Waals surface area contributed by atoms with Gasteiger partial charge in [-0.25, -0.2) is 14.4 Å². The number of halogens is 3. The van der Waals surface area contributed by atoms with E-state index in [9.17, 15) is 9.18 Å². The number of rotatable bonds is 5. The highest BCUT2D eigenvalue weighted by Gasteiger charge is 2.30. The van der Waals surface area contributed by atoms with Gasteiger partial charge in [0.1, 0.15) is 5.82 Å². The van der Waals surface area contributed by atoms with Gasteiger partial charge in [0.2, 0.25) is 5.95 Å². The van der Waals surface area contributed by atoms with Gasteiger partial charge in [0.05, 0.1) is 28.5 Å². The Balaban J connectivity index is 0.00000323. The first-order valence-electron chi connectivity index (χ1n) is 12.4. The monoisotopic (exact) mass is 576 g/mol. The first kappa shape index (κ1) is 27.7. The van der Waals surface area contributed by atoms with Crippen LogP contribution in [0.5, 0.6) is 0 Å². The van der Waals surface area contributed by atoms with E-state index >= 15 is 0 Å². The molecule has 1 fully saturated rings. The number of amides is 1. The third-order valence-electron chi connectivity index (χ3n) is 6.93. The number of aliphatic imine (C=N–C) groups is 1. The molecular weight excluding hydrogens is 550 g/mol. The molecule has 0 unspecified atom stereocenters. The largest absolute Gasteiger partial charge is 0.335 e. The third-order valence-corrected chi connectivity index (χ3v) is 7.48. The van der Waals surface area contributed by atoms with E-state index in [-0.39, 0.29) is 30.5 Å². The van der Waals surface area contributed by atoms with Crippen molar-refractivity contribution in [1.82, 2.24) is 20.2 Å². The maximum absolute atomic E-state index is 14.9. The molecular formula is C30H27Cl2FN6O. The van der Waals surface area contributed by atoms with Crippen LogP contribution < -0.4 is 10.6 Å². The zero-order chi connectivity index (χ0) is 27.1. The summed E-state index contributed by atoms with van der Waals surface area (Å²) in [5.74, 6) is -0.0829. The Hall–Kier alpha value is -3.85. The van der Waals surface area contributed by atoms with Crippen molar-refractivity contribution in [3.8, 4) is 11.3 Å². The standard InChI is InChI=1S/C29H23Cl2FN6O.CH4/c1-33-20-14-38(15-20)28(39)16-5-8-19(9-6-16)36-29-35-13-17-12-34-27(25-23(31)3-2-4-24(25)32)22-11-18(30)7-10-21(22)26(17)37-29;/h2-11,13,20,33H,12,14-15H2,1H3,(H,35,36,37);1H4. The molecule has 1 aromatic heterocycles. The maximum Gasteiger partial charge on any atom is 0.253 e. The summed E-state index contributed by atoms with van der Waals surface area (Å²) in [6.07, 6.45) is 1.71. The minimum absolute atomic E-state index is 0. The highest BCUT2D eigenvalue weighted by atomic mass is 35.5. The van der Waals surface area contributed by atoms with Gasteiger partial charge >= 0.3 is 0 Å². The Kier molecular flexibility index (Phi) is 7.85. The van der Waals surface area contributed by atoms with Crippen molar-refractivity contribution in [3.63, 3.8) is 0 Å². The van der Waals surface area contributed by atoms with Gasteiger partial charge in [-0.15, -0.1) is 0 Å². The van der Waals surface area contributed by atoms with Crippen LogP contribution >= 0.6 is 23.2 Å². The van der Waals surface area contributed by atoms with Crippen molar-refractivity contribution in [2.45, 2.75) is 20.0 Å². The van der Waals surface area contributed by atoms with Gasteiger partial charge in [-0.3, -0.25) is 9.79 Å². The molecule has 1 amide bonds. The predicted octanol–water partition coefficient (Wildman–Crippen LogP) is 6.36. The summed E-state index contributed by atoms with van der Waals surface area (Å²) >= 11 is 12.8. The number of hydrogen-bond donors (Lipinski definition) is 2. The Bertz CT molecular complexity index is 1600. The van der Waals surface area contributed by atoms with Gasteiger partial charge in [-0.1, -0.05) is 42.8 Å². The first-order chi connectivity index (χ1) is 18.9. The molecule has 6 rings (SSSR count). The van der Waals surface area contributed by atoms with Crippen LogP contribution in [0.1, 0.15) is 34.5 Å². The molecule has 7 nitrogen and oxygen atoms in total. The number of carbonyl (C=O) groups is 1. The highest BCUT2D eigenvalue weighted by Crippen LogP contribution is 2.35. The van der Waals surface area contributed by atoms with E-state index < -0.39 is 5.82 Å². The second kappa shape index (κ2) is 11.3. The van der Waals surface area contributed by atoms with Gasteiger partial charge in [0.25, 0.3) is 5.91 Å². The van der Waals surface area contributed by atoms with Crippen LogP contribution in [0.25, 0.3) is 11.3 Å². The van der Waals surface area contributed by atoms with E-state index in [0.29, 0.717) is 52.6 Å². The van der Waals surface area contributed by atoms with Crippen molar-refractivity contribution < 1.29 is 9.18 Å². The summed E-state index contributed by atoms with van der Waals surface area (Å²) in [7, 11) is 1.90. The average Bonchev–Trinajstić information content (AvgIpc) is 3.05. The summed E-state index contributed by atoms with van der Waals surface area (Å²) in [5.41, 5.74) is 4.81. The van der Waals surface area contributed by atoms with Crippen LogP contribution in [0.2, 0.25) is 10.0 Å². The topological polar surface area (TPSA) is 82.5 Å². The lowest BCUT2D eigenvalue weighted by Gasteiger charge is -2.39. The van der Waals surface area contributed by atoms with Crippen LogP contribution in [-0.2, 0) is 6.54 Å². The van der Waals surface area contributed by atoms with Crippen molar-refractivity contribution >= 4 is 46.5 Å². The molecule has 3 aromatic carbocycles. The Morgan fingerprint density at radius 3 is 2.55 bits per heavy atom. The maximum atomic E-state index is 14.9. The van der Waals surface area contributed by atoms with Crippen LogP contribution in [0.4, 0.5) is 16.0 Å². The van der Waals surface area contributed by atoms with Gasteiger partial charge < -0.3 is 15.5 Å². The molecule has 0 spiro atoms. The molecule has 0 aliphatic carbocycles. The smallest absolute Gasteiger partial charge is 0.253 e. The molecule has 3 heterocycles. The van der Waals surface area contributed by atoms with Crippen LogP contribution in [0.3, 0.4) is 0 Å². The normalized spacial score (nSPS) is 14.2. The number of likely N-dealkylation sites (N-methyl/N-ethyl adjacent to an activating group) is 1. The third kappa shape index (κ3) is 5.18. The van der Waals surface area contributed by atoms with Crippen molar-refractivity contribution in [1.29, 1.82) is 0 Å². The van der Waals surface area contributed by atoms with Gasteiger partial charge in [-0.05, 0) is 55.6 Å². The molecule has 2 aliphatic heterocycles. The summed E-state index contributed by atoms with van der Waals surface area (Å²) in [5, 5.41) is 7.13. The molecule has 1 saturated heterocycles. The molecule has 2 aliphatic rings. The Morgan fingerprint density at radius 1 is 1.05 bits per heavy atom. The lowest BCUT2D eigenvalue weighted by Crippen LogP contribution is -2.58. The number of aromatic nitrogens is 2. The number of carbonyl (C=O) groups excluding carboxylic acids is 1. The molecule has 40 heavy (non-hydrogen) atoms. The number of likely N-dealkylation sites (tertiary alicyclic amines) is 1. The van der Waals surface area contributed by atoms with E-state index in [1.807, 2.05) is 30.1 Å². The lowest BCUT2D eigenvalue weighted by atomic mass is 9.95. The predicted molar refractivity (Wildman–Crippen MR) is 158 cm³/mol. The summed E-state index contributed by atoms with van der Waals surface area (Å²) in [6.45, 7) is 1.66. The van der Waals surface area contributed by atoms with E-state index in [4.69, 9.17) is 33.2 Å². The molecule has 204 valence electrons. The van der Waals surface area contributed by atoms with Crippen molar-refractivity contribution in [2.75, 3.05) is 25.5 Å². The van der Waals surface area contributed by atoms with E-state index in [2.05, 4.69) is 15.6 Å². The number of benzene rings is 3. The SMILES string of the molecule is C.CNC1CN(C(=O)c2ccc(Nc3ncc4c(n3)-c3ccc(Cl)cc3C(c3c(F)cccc3Cl)=NC4)cc2)C1. The van der Waals surface area contributed by atoms with Crippen LogP contribution in [0, 0.1) is 5.82 Å². The van der Waals surface area contributed by atoms with E-state index in [1.54, 1.807) is 42.6 Å². The zero-order valence-electron chi connectivity index (χ0n) is 20.9. The highest BCUT2D eigenvalue weighted by molar-refractivity contribution is 6.36. The number of anilines is 2. The Labute approximate surface area is 242 Å². The number of fused-ring (bicyclic) bond motifs is 3. The fourth-order valence-corrected chi connectivity index (χ4v) is 5.18. The molecule has 2 N–H and O–H groups in total. The van der Waals surface area contributed by atoms with Gasteiger partial charge in [0, 0.05) is 58.3 Å². The molecule has 0 radical (unpaired) electrons. The average molecular weight is 577 g/mol. The van der Waals surface area contributed by atoms with Crippen molar-refractivity contribution in [2.24, 2.45) is 4.99 Å². The Morgan fingerprint density at radius 2 is 1.82 bits per heavy atom. The lowest BCUT2D eigenvalue weighted by molar-refractivity contribution is 0.0577. The summed E-state index contributed by atoms with van der Waals surface area (Å²) in [6, 6.07) is 17.5. The number of nitrogens with one attached hydrogen (secondary N) is 2. The van der Waals surface area contributed by atoms with Gasteiger partial charge in [-0.2, -0.15) is 0 Å². The molecule has 0 bridgehead atoms. The minimum atomic E-state index is -0.468. The fraction of sp³-hybridized carbons (Fsp3) is 0.200. The first-order valence-corrected chi connectivity index (χ1v) is 13.2. The molecule has 10 heteroatoms. The number of hydrogen-bond acceptors (Lipinski definition) is 6. The van der Waals surface area contributed by atoms with E-state index in [0.717, 1.165) is 16.8 Å². The minimum Gasteiger partial charge on any atom is -0.335 e. The summed E-state index contributed by atoms with van der Waals surface area (Å²) < 4.78 is 14.9. The van der Waals surface area contributed by atoms with Crippen LogP contribution in [0.15, 0.2) is 71.9 Å². The second-order valence-electron chi connectivity index (χ2n) is 9.42.